The highest BCUT2D eigenvalue weighted by Crippen LogP contribution is 2.43. The highest BCUT2D eigenvalue weighted by atomic mass is 35.5. The van der Waals surface area contributed by atoms with Gasteiger partial charge >= 0.3 is 0 Å². The first-order chi connectivity index (χ1) is 21.7. The number of carbonyl (C=O) groups is 1. The number of rotatable bonds is 5. The maximum atomic E-state index is 15.4. The lowest BCUT2D eigenvalue weighted by Crippen LogP contribution is -2.54. The number of benzene rings is 1. The molecule has 0 aliphatic carbocycles. The summed E-state index contributed by atoms with van der Waals surface area (Å²) in [5, 5.41) is 19.3. The van der Waals surface area contributed by atoms with E-state index in [0.29, 0.717) is 16.9 Å². The zero-order valence-corrected chi connectivity index (χ0v) is 26.6. The van der Waals surface area contributed by atoms with Crippen molar-refractivity contribution in [3.63, 3.8) is 0 Å². The molecule has 4 heterocycles. The molecule has 0 radical (unpaired) electrons. The first-order valence-corrected chi connectivity index (χ1v) is 14.9. The maximum absolute atomic E-state index is 15.4. The Hall–Kier alpha value is -4.60. The number of amides is 1. The maximum Gasteiger partial charge on any atom is 0.276 e. The molecule has 14 heteroatoms. The number of pyridine rings is 3. The summed E-state index contributed by atoms with van der Waals surface area (Å²) in [7, 11) is 0. The highest BCUT2D eigenvalue weighted by Gasteiger charge is 2.33. The highest BCUT2D eigenvalue weighted by molar-refractivity contribution is 6.37. The minimum Gasteiger partial charge on any atom is -0.503 e. The SMILES string of the molecule is C=CC(=O)N1CCN(c2c(C#N)c(=O)n(-c3c(C)ccnc3C(C)C)c3nc(-c4c(F)c(O)c(F)c(F)c4Cl)c(Cl)cc23)C[C@H]1C. The Kier molecular flexibility index (Phi) is 8.77. The minimum absolute atomic E-state index is 0.117. The quantitative estimate of drug-likeness (QED) is 0.148. The number of phenols is 1. The van der Waals surface area contributed by atoms with Gasteiger partial charge in [0.25, 0.3) is 5.56 Å². The summed E-state index contributed by atoms with van der Waals surface area (Å²) in [6, 6.07) is 4.67. The molecule has 0 spiro atoms. The molecule has 46 heavy (non-hydrogen) atoms. The van der Waals surface area contributed by atoms with Gasteiger partial charge in [-0.1, -0.05) is 43.6 Å². The molecule has 5 rings (SSSR count). The van der Waals surface area contributed by atoms with Gasteiger partial charge in [0.2, 0.25) is 11.7 Å². The van der Waals surface area contributed by atoms with Crippen LogP contribution in [0.4, 0.5) is 18.9 Å². The molecule has 0 bridgehead atoms. The lowest BCUT2D eigenvalue weighted by molar-refractivity contribution is -0.128. The van der Waals surface area contributed by atoms with Gasteiger partial charge in [-0.05, 0) is 43.5 Å². The fourth-order valence-electron chi connectivity index (χ4n) is 5.80. The lowest BCUT2D eigenvalue weighted by Gasteiger charge is -2.41. The number of fused-ring (bicyclic) bond motifs is 1. The summed E-state index contributed by atoms with van der Waals surface area (Å²) >= 11 is 12.7. The molecule has 1 aliphatic rings. The van der Waals surface area contributed by atoms with E-state index in [1.165, 1.54) is 16.7 Å². The zero-order chi connectivity index (χ0) is 33.8. The van der Waals surface area contributed by atoms with Crippen LogP contribution in [0.5, 0.6) is 5.75 Å². The molecule has 1 fully saturated rings. The van der Waals surface area contributed by atoms with E-state index in [4.69, 9.17) is 23.2 Å². The van der Waals surface area contributed by atoms with Gasteiger partial charge in [0.05, 0.1) is 38.4 Å². The number of phenolic OH excluding ortho intramolecular Hbond substituents is 1. The van der Waals surface area contributed by atoms with Crippen LogP contribution in [0.25, 0.3) is 28.0 Å². The zero-order valence-electron chi connectivity index (χ0n) is 25.1. The molecule has 1 atom stereocenters. The summed E-state index contributed by atoms with van der Waals surface area (Å²) in [5.74, 6) is -7.34. The van der Waals surface area contributed by atoms with Crippen molar-refractivity contribution >= 4 is 45.8 Å². The molecule has 0 unspecified atom stereocenters. The van der Waals surface area contributed by atoms with Gasteiger partial charge in [0.1, 0.15) is 17.3 Å². The summed E-state index contributed by atoms with van der Waals surface area (Å²) in [4.78, 5) is 39.2. The van der Waals surface area contributed by atoms with E-state index in [0.717, 1.165) is 0 Å². The molecule has 1 saturated heterocycles. The number of anilines is 1. The standard InChI is InChI=1S/C32H27Cl2F3N6O3/c1-6-20(44)42-10-9-41(13-16(42)5)29-17-11-19(33)27(21-22(34)24(36)25(37)30(45)23(21)35)40-31(17)43(32(46)18(29)12-38)28-15(4)7-8-39-26(28)14(2)3/h6-8,11,14,16,45H,1,9-10,13H2,2-5H3/t16-/m1/s1. The number of piperazine rings is 1. The van der Waals surface area contributed by atoms with Gasteiger partial charge in [-0.3, -0.25) is 19.1 Å². The van der Waals surface area contributed by atoms with Crippen molar-refractivity contribution in [2.45, 2.75) is 39.7 Å². The Morgan fingerprint density at radius 3 is 2.50 bits per heavy atom. The number of carbonyl (C=O) groups excluding carboxylic acids is 1. The molecule has 238 valence electrons. The second-order valence-electron chi connectivity index (χ2n) is 11.2. The predicted octanol–water partition coefficient (Wildman–Crippen LogP) is 6.40. The van der Waals surface area contributed by atoms with Crippen molar-refractivity contribution in [2.24, 2.45) is 0 Å². The molecule has 1 aliphatic heterocycles. The van der Waals surface area contributed by atoms with Crippen LogP contribution >= 0.6 is 23.2 Å². The van der Waals surface area contributed by atoms with Gasteiger partial charge in [-0.2, -0.15) is 9.65 Å². The normalized spacial score (nSPS) is 15.0. The van der Waals surface area contributed by atoms with Crippen molar-refractivity contribution in [1.82, 2.24) is 19.4 Å². The Labute approximate surface area is 271 Å². The van der Waals surface area contributed by atoms with E-state index >= 15 is 4.39 Å². The van der Waals surface area contributed by atoms with E-state index in [2.05, 4.69) is 16.5 Å². The molecule has 4 aromatic rings. The largest absolute Gasteiger partial charge is 0.503 e. The van der Waals surface area contributed by atoms with Crippen LogP contribution in [0.3, 0.4) is 0 Å². The molecule has 1 aromatic carbocycles. The van der Waals surface area contributed by atoms with Crippen LogP contribution in [0, 0.1) is 35.7 Å². The number of aromatic hydroxyl groups is 1. The number of hydrogen-bond acceptors (Lipinski definition) is 7. The van der Waals surface area contributed by atoms with E-state index < -0.39 is 45.0 Å². The minimum atomic E-state index is -1.89. The average molecular weight is 672 g/mol. The Bertz CT molecular complexity index is 2030. The molecular formula is C32H27Cl2F3N6O3. The van der Waals surface area contributed by atoms with Crippen LogP contribution in [-0.2, 0) is 4.79 Å². The Balaban J connectivity index is 1.94. The summed E-state index contributed by atoms with van der Waals surface area (Å²) in [6.45, 7) is 11.5. The number of halogens is 5. The summed E-state index contributed by atoms with van der Waals surface area (Å²) < 4.78 is 45.4. The third kappa shape index (κ3) is 5.13. The molecule has 0 saturated carbocycles. The van der Waals surface area contributed by atoms with Crippen LogP contribution in [-0.4, -0.2) is 56.1 Å². The second-order valence-corrected chi connectivity index (χ2v) is 12.0. The second kappa shape index (κ2) is 12.3. The van der Waals surface area contributed by atoms with Crippen LogP contribution in [0.15, 0.2) is 35.8 Å². The summed E-state index contributed by atoms with van der Waals surface area (Å²) in [5.41, 5.74) is -0.898. The fourth-order valence-corrected chi connectivity index (χ4v) is 6.30. The third-order valence-corrected chi connectivity index (χ3v) is 8.63. The molecule has 9 nitrogen and oxygen atoms in total. The fraction of sp³-hybridized carbons (Fsp3) is 0.281. The van der Waals surface area contributed by atoms with Gasteiger partial charge in [0.15, 0.2) is 17.4 Å². The van der Waals surface area contributed by atoms with Crippen molar-refractivity contribution in [1.29, 1.82) is 5.26 Å². The Morgan fingerprint density at radius 2 is 1.89 bits per heavy atom. The van der Waals surface area contributed by atoms with Crippen LogP contribution in [0.1, 0.15) is 43.5 Å². The van der Waals surface area contributed by atoms with Gasteiger partial charge in [-0.15, -0.1) is 0 Å². The van der Waals surface area contributed by atoms with E-state index in [9.17, 15) is 28.7 Å². The third-order valence-electron chi connectivity index (χ3n) is 7.99. The number of aromatic nitrogens is 3. The molecule has 1 amide bonds. The average Bonchev–Trinajstić information content (AvgIpc) is 3.02. The first kappa shape index (κ1) is 32.8. The van der Waals surface area contributed by atoms with E-state index in [1.807, 2.05) is 19.9 Å². The van der Waals surface area contributed by atoms with Crippen molar-refractivity contribution in [3.8, 4) is 28.8 Å². The Morgan fingerprint density at radius 1 is 1.20 bits per heavy atom. The molecular weight excluding hydrogens is 644 g/mol. The van der Waals surface area contributed by atoms with Crippen molar-refractivity contribution in [3.05, 3.63) is 85.7 Å². The molecule has 1 N–H and O–H groups in total. The van der Waals surface area contributed by atoms with Gasteiger partial charge < -0.3 is 14.9 Å². The van der Waals surface area contributed by atoms with Crippen molar-refractivity contribution in [2.75, 3.05) is 24.5 Å². The first-order valence-electron chi connectivity index (χ1n) is 14.1. The summed E-state index contributed by atoms with van der Waals surface area (Å²) in [6.07, 6.45) is 2.78. The van der Waals surface area contributed by atoms with E-state index in [-0.39, 0.29) is 64.8 Å². The number of aryl methyl sites for hydroxylation is 1. The predicted molar refractivity (Wildman–Crippen MR) is 169 cm³/mol. The monoisotopic (exact) mass is 670 g/mol. The van der Waals surface area contributed by atoms with Gasteiger partial charge in [0, 0.05) is 37.3 Å². The van der Waals surface area contributed by atoms with Gasteiger partial charge in [-0.25, -0.2) is 13.8 Å². The molecule has 3 aromatic heterocycles. The topological polar surface area (TPSA) is 115 Å². The smallest absolute Gasteiger partial charge is 0.276 e. The van der Waals surface area contributed by atoms with E-state index in [1.54, 1.807) is 35.9 Å². The number of hydrogen-bond donors (Lipinski definition) is 1. The number of nitriles is 1. The van der Waals surface area contributed by atoms with Crippen molar-refractivity contribution < 1.29 is 23.1 Å². The van der Waals surface area contributed by atoms with Crippen LogP contribution in [0.2, 0.25) is 10.0 Å². The lowest BCUT2D eigenvalue weighted by atomic mass is 10.0. The number of nitrogens with zero attached hydrogens (tertiary/aromatic N) is 6. The van der Waals surface area contributed by atoms with Crippen LogP contribution < -0.4 is 10.5 Å².